The molecule has 0 unspecified atom stereocenters. The number of carbonyl (C=O) groups is 2. The fourth-order valence-corrected chi connectivity index (χ4v) is 4.39. The van der Waals surface area contributed by atoms with Crippen LogP contribution in [0.2, 0.25) is 0 Å². The van der Waals surface area contributed by atoms with Gasteiger partial charge in [-0.05, 0) is 11.6 Å². The molecule has 4 rings (SSSR count). The summed E-state index contributed by atoms with van der Waals surface area (Å²) in [5.74, 6) is -1.44. The van der Waals surface area contributed by atoms with Crippen LogP contribution in [0.4, 0.5) is 4.39 Å². The van der Waals surface area contributed by atoms with Crippen molar-refractivity contribution in [2.24, 2.45) is 7.05 Å². The van der Waals surface area contributed by atoms with Gasteiger partial charge in [-0.25, -0.2) is 9.37 Å². The Morgan fingerprint density at radius 1 is 1.24 bits per heavy atom. The minimum atomic E-state index is -0.910. The maximum atomic E-state index is 14.9. The Kier molecular flexibility index (Phi) is 6.43. The second-order valence-electron chi connectivity index (χ2n) is 8.12. The highest BCUT2D eigenvalue weighted by atomic mass is 19.1. The zero-order valence-electron chi connectivity index (χ0n) is 18.8. The second-order valence-corrected chi connectivity index (χ2v) is 8.12. The van der Waals surface area contributed by atoms with Crippen molar-refractivity contribution in [2.45, 2.75) is 19.4 Å². The number of aliphatic carboxylic acids is 1. The minimum absolute atomic E-state index is 0.0680. The summed E-state index contributed by atoms with van der Waals surface area (Å²) in [4.78, 5) is 30.5. The first kappa shape index (κ1) is 23.1. The van der Waals surface area contributed by atoms with Gasteiger partial charge in [0.1, 0.15) is 6.07 Å². The van der Waals surface area contributed by atoms with Gasteiger partial charge in [-0.3, -0.25) is 14.5 Å². The maximum absolute atomic E-state index is 14.9. The summed E-state index contributed by atoms with van der Waals surface area (Å²) in [7, 11) is 3.13. The number of nitrogens with zero attached hydrogens (tertiary/aromatic N) is 4. The van der Waals surface area contributed by atoms with E-state index < -0.39 is 11.8 Å². The zero-order valence-corrected chi connectivity index (χ0v) is 18.8. The van der Waals surface area contributed by atoms with Crippen LogP contribution in [0.5, 0.6) is 5.75 Å². The van der Waals surface area contributed by atoms with Crippen molar-refractivity contribution in [2.75, 3.05) is 20.2 Å². The van der Waals surface area contributed by atoms with Crippen LogP contribution in [-0.2, 0) is 31.2 Å². The van der Waals surface area contributed by atoms with Gasteiger partial charge in [0.25, 0.3) is 0 Å². The number of Topliss-reactive ketones (excluding diaryl/α,β-unsaturated/α-hetero) is 1. The molecule has 1 aliphatic rings. The van der Waals surface area contributed by atoms with Crippen LogP contribution in [0.25, 0.3) is 11.1 Å². The molecule has 34 heavy (non-hydrogen) atoms. The van der Waals surface area contributed by atoms with Gasteiger partial charge in [0.05, 0.1) is 24.9 Å². The van der Waals surface area contributed by atoms with Crippen molar-refractivity contribution in [3.63, 3.8) is 0 Å². The first-order valence-electron chi connectivity index (χ1n) is 10.7. The Labute approximate surface area is 195 Å². The molecule has 2 aromatic carbocycles. The Balaban J connectivity index is 1.64. The molecule has 3 aromatic rings. The monoisotopic (exact) mass is 462 g/mol. The number of imidazole rings is 1. The standard InChI is InChI=1S/C25H23FN4O4/c1-29-20-9-10-30(14-23(32)33)13-19(20)28-25(29)21(31)11-15-5-3-6-16(18(15)12-27)17-7-4-8-22(34-2)24(17)26/h3-8H,9-11,13-14H2,1-2H3,(H,32,33). The lowest BCUT2D eigenvalue weighted by Crippen LogP contribution is -2.35. The zero-order chi connectivity index (χ0) is 24.4. The van der Waals surface area contributed by atoms with Gasteiger partial charge in [0.2, 0.25) is 5.78 Å². The highest BCUT2D eigenvalue weighted by Crippen LogP contribution is 2.33. The molecule has 1 aromatic heterocycles. The smallest absolute Gasteiger partial charge is 0.317 e. The van der Waals surface area contributed by atoms with Gasteiger partial charge in [-0.2, -0.15) is 5.26 Å². The summed E-state index contributed by atoms with van der Waals surface area (Å²) in [6.45, 7) is 0.842. The molecule has 0 atom stereocenters. The highest BCUT2D eigenvalue weighted by molar-refractivity contribution is 5.95. The molecule has 8 nitrogen and oxygen atoms in total. The molecule has 1 N–H and O–H groups in total. The van der Waals surface area contributed by atoms with Crippen LogP contribution in [0.15, 0.2) is 36.4 Å². The van der Waals surface area contributed by atoms with E-state index in [9.17, 15) is 19.2 Å². The van der Waals surface area contributed by atoms with E-state index in [1.165, 1.54) is 13.2 Å². The van der Waals surface area contributed by atoms with E-state index in [2.05, 4.69) is 11.1 Å². The molecular weight excluding hydrogens is 439 g/mol. The van der Waals surface area contributed by atoms with Crippen molar-refractivity contribution < 1.29 is 23.8 Å². The number of ketones is 1. The molecule has 1 aliphatic heterocycles. The third-order valence-electron chi connectivity index (χ3n) is 6.03. The lowest BCUT2D eigenvalue weighted by atomic mass is 9.93. The number of fused-ring (bicyclic) bond motifs is 1. The number of carboxylic acid groups (broad SMARTS) is 1. The molecular formula is C25H23FN4O4. The number of carboxylic acids is 1. The predicted molar refractivity (Wildman–Crippen MR) is 121 cm³/mol. The number of carbonyl (C=O) groups excluding carboxylic acids is 1. The van der Waals surface area contributed by atoms with Crippen LogP contribution in [0.1, 0.15) is 33.1 Å². The summed E-state index contributed by atoms with van der Waals surface area (Å²) in [6, 6.07) is 11.8. The number of nitriles is 1. The normalized spacial score (nSPS) is 13.2. The van der Waals surface area contributed by atoms with E-state index >= 15 is 0 Å². The number of ether oxygens (including phenoxy) is 1. The van der Waals surface area contributed by atoms with Crippen molar-refractivity contribution in [1.29, 1.82) is 5.26 Å². The van der Waals surface area contributed by atoms with Gasteiger partial charge in [-0.15, -0.1) is 0 Å². The molecule has 0 bridgehead atoms. The van der Waals surface area contributed by atoms with Crippen LogP contribution in [0, 0.1) is 17.1 Å². The Morgan fingerprint density at radius 3 is 2.68 bits per heavy atom. The van der Waals surface area contributed by atoms with E-state index in [0.29, 0.717) is 36.3 Å². The Bertz CT molecular complexity index is 1330. The molecule has 9 heteroatoms. The van der Waals surface area contributed by atoms with Gasteiger partial charge in [0, 0.05) is 49.8 Å². The largest absolute Gasteiger partial charge is 0.494 e. The molecule has 0 saturated carbocycles. The van der Waals surface area contributed by atoms with Gasteiger partial charge in [0.15, 0.2) is 17.4 Å². The number of hydrogen-bond donors (Lipinski definition) is 1. The van der Waals surface area contributed by atoms with Crippen LogP contribution < -0.4 is 4.74 Å². The molecule has 0 saturated heterocycles. The maximum Gasteiger partial charge on any atom is 0.317 e. The summed E-state index contributed by atoms with van der Waals surface area (Å²) < 4.78 is 21.7. The molecule has 0 amide bonds. The second kappa shape index (κ2) is 9.45. The fourth-order valence-electron chi connectivity index (χ4n) is 4.39. The minimum Gasteiger partial charge on any atom is -0.494 e. The summed E-state index contributed by atoms with van der Waals surface area (Å²) in [6.07, 6.45) is 0.512. The lowest BCUT2D eigenvalue weighted by Gasteiger charge is -2.24. The van der Waals surface area contributed by atoms with Crippen molar-refractivity contribution in [1.82, 2.24) is 14.5 Å². The van der Waals surface area contributed by atoms with Crippen LogP contribution in [-0.4, -0.2) is 51.5 Å². The van der Waals surface area contributed by atoms with Gasteiger partial charge in [-0.1, -0.05) is 30.3 Å². The van der Waals surface area contributed by atoms with Gasteiger partial charge < -0.3 is 14.4 Å². The SMILES string of the molecule is COc1cccc(-c2cccc(CC(=O)c3nc4c(n3C)CCN(CC(=O)O)C4)c2C#N)c1F. The number of halogens is 1. The number of benzene rings is 2. The summed E-state index contributed by atoms with van der Waals surface area (Å²) in [5.41, 5.74) is 2.88. The quantitative estimate of drug-likeness (QED) is 0.538. The molecule has 0 aliphatic carbocycles. The van der Waals surface area contributed by atoms with Crippen molar-refractivity contribution in [3.05, 3.63) is 70.6 Å². The summed E-state index contributed by atoms with van der Waals surface area (Å²) in [5, 5.41) is 18.9. The number of rotatable bonds is 7. The van der Waals surface area contributed by atoms with Crippen LogP contribution >= 0.6 is 0 Å². The Morgan fingerprint density at radius 2 is 1.97 bits per heavy atom. The molecule has 2 heterocycles. The highest BCUT2D eigenvalue weighted by Gasteiger charge is 2.27. The number of aromatic nitrogens is 2. The first-order valence-corrected chi connectivity index (χ1v) is 10.7. The van der Waals surface area contributed by atoms with E-state index in [4.69, 9.17) is 9.84 Å². The third kappa shape index (κ3) is 4.28. The fraction of sp³-hybridized carbons (Fsp3) is 0.280. The average Bonchev–Trinajstić information content (AvgIpc) is 3.14. The molecule has 174 valence electrons. The van der Waals surface area contributed by atoms with Crippen molar-refractivity contribution >= 4 is 11.8 Å². The first-order chi connectivity index (χ1) is 16.3. The third-order valence-corrected chi connectivity index (χ3v) is 6.03. The predicted octanol–water partition coefficient (Wildman–Crippen LogP) is 2.97. The Hall–Kier alpha value is -4.03. The molecule has 0 fully saturated rings. The number of hydrogen-bond acceptors (Lipinski definition) is 6. The van der Waals surface area contributed by atoms with E-state index in [1.54, 1.807) is 46.8 Å². The van der Waals surface area contributed by atoms with Crippen molar-refractivity contribution in [3.8, 4) is 22.9 Å². The van der Waals surface area contributed by atoms with E-state index in [-0.39, 0.29) is 41.4 Å². The summed E-state index contributed by atoms with van der Waals surface area (Å²) >= 11 is 0. The molecule has 0 radical (unpaired) electrons. The lowest BCUT2D eigenvalue weighted by molar-refractivity contribution is -0.138. The van der Waals surface area contributed by atoms with Crippen LogP contribution in [0.3, 0.4) is 0 Å². The number of methoxy groups -OCH3 is 1. The van der Waals surface area contributed by atoms with Gasteiger partial charge >= 0.3 is 5.97 Å². The molecule has 0 spiro atoms. The topological polar surface area (TPSA) is 108 Å². The average molecular weight is 462 g/mol. The van der Waals surface area contributed by atoms with E-state index in [0.717, 1.165) is 5.69 Å². The van der Waals surface area contributed by atoms with E-state index in [1.807, 2.05) is 0 Å².